The van der Waals surface area contributed by atoms with Gasteiger partial charge in [0.1, 0.15) is 0 Å². The molecule has 2 heterocycles. The number of fused-ring (bicyclic) bond motifs is 1. The molecule has 4 heteroatoms. The zero-order chi connectivity index (χ0) is 12.7. The Morgan fingerprint density at radius 2 is 2.33 bits per heavy atom. The molecular weight excluding hydrogens is 294 g/mol. The molecular formula is C14H14BrNO2. The molecule has 94 valence electrons. The first-order valence-corrected chi connectivity index (χ1v) is 6.87. The molecule has 2 unspecified atom stereocenters. The fourth-order valence-corrected chi connectivity index (χ4v) is 2.88. The average molecular weight is 308 g/mol. The smallest absolute Gasteiger partial charge is 0.170 e. The molecule has 1 saturated heterocycles. The molecule has 1 aromatic carbocycles. The maximum Gasteiger partial charge on any atom is 0.170 e. The maximum absolute atomic E-state index is 12.4. The first-order valence-electron chi connectivity index (χ1n) is 6.07. The second-order valence-corrected chi connectivity index (χ2v) is 5.75. The summed E-state index contributed by atoms with van der Waals surface area (Å²) < 4.78 is 6.49. The predicted octanol–water partition coefficient (Wildman–Crippen LogP) is 3.54. The highest BCUT2D eigenvalue weighted by atomic mass is 79.9. The van der Waals surface area contributed by atoms with Crippen LogP contribution in [0.15, 0.2) is 28.9 Å². The normalized spacial score (nSPS) is 23.7. The van der Waals surface area contributed by atoms with Crippen LogP contribution in [0, 0.1) is 5.92 Å². The summed E-state index contributed by atoms with van der Waals surface area (Å²) in [6, 6.07) is 5.92. The Labute approximate surface area is 114 Å². The molecule has 1 aliphatic rings. The Morgan fingerprint density at radius 3 is 3.06 bits per heavy atom. The summed E-state index contributed by atoms with van der Waals surface area (Å²) in [5, 5.41) is 0.989. The second-order valence-electron chi connectivity index (χ2n) is 4.83. The van der Waals surface area contributed by atoms with Crippen LogP contribution in [0.2, 0.25) is 0 Å². The monoisotopic (exact) mass is 307 g/mol. The first kappa shape index (κ1) is 11.9. The van der Waals surface area contributed by atoms with Crippen LogP contribution in [0.1, 0.15) is 23.7 Å². The number of ketones is 1. The van der Waals surface area contributed by atoms with Crippen LogP contribution in [0.25, 0.3) is 10.9 Å². The van der Waals surface area contributed by atoms with Crippen molar-refractivity contribution in [2.24, 2.45) is 5.92 Å². The van der Waals surface area contributed by atoms with E-state index in [1.807, 2.05) is 31.3 Å². The zero-order valence-electron chi connectivity index (χ0n) is 10.1. The fourth-order valence-electron chi connectivity index (χ4n) is 2.52. The topological polar surface area (TPSA) is 42.1 Å². The van der Waals surface area contributed by atoms with Gasteiger partial charge in [-0.25, -0.2) is 0 Å². The van der Waals surface area contributed by atoms with Crippen LogP contribution in [0.4, 0.5) is 0 Å². The minimum atomic E-state index is 0.00245. The van der Waals surface area contributed by atoms with Gasteiger partial charge in [-0.15, -0.1) is 0 Å². The number of ether oxygens (including phenoxy) is 1. The standard InChI is InChI=1S/C14H14BrNO2/c1-8-4-9(7-18-8)14(17)12-6-16-13-5-10(15)2-3-11(12)13/h2-3,5-6,8-9,16H,4,7H2,1H3. The number of benzene rings is 1. The van der Waals surface area contributed by atoms with Crippen molar-refractivity contribution in [2.45, 2.75) is 19.4 Å². The van der Waals surface area contributed by atoms with Crippen molar-refractivity contribution in [1.29, 1.82) is 0 Å². The SMILES string of the molecule is CC1CC(C(=O)c2c[nH]c3cc(Br)ccc23)CO1. The predicted molar refractivity (Wildman–Crippen MR) is 73.9 cm³/mol. The molecule has 0 bridgehead atoms. The van der Waals surface area contributed by atoms with Crippen molar-refractivity contribution in [3.63, 3.8) is 0 Å². The Bertz CT molecular complexity index is 605. The van der Waals surface area contributed by atoms with Crippen molar-refractivity contribution in [2.75, 3.05) is 6.61 Å². The molecule has 3 nitrogen and oxygen atoms in total. The third-order valence-corrected chi connectivity index (χ3v) is 3.97. The van der Waals surface area contributed by atoms with E-state index in [4.69, 9.17) is 4.74 Å². The minimum Gasteiger partial charge on any atom is -0.378 e. The lowest BCUT2D eigenvalue weighted by atomic mass is 9.95. The highest BCUT2D eigenvalue weighted by Gasteiger charge is 2.30. The summed E-state index contributed by atoms with van der Waals surface area (Å²) in [5.74, 6) is 0.190. The molecule has 0 spiro atoms. The van der Waals surface area contributed by atoms with Gasteiger partial charge in [0.2, 0.25) is 0 Å². The van der Waals surface area contributed by atoms with Crippen molar-refractivity contribution in [3.05, 3.63) is 34.4 Å². The van der Waals surface area contributed by atoms with Crippen molar-refractivity contribution in [1.82, 2.24) is 4.98 Å². The van der Waals surface area contributed by atoms with Gasteiger partial charge in [-0.3, -0.25) is 4.79 Å². The van der Waals surface area contributed by atoms with E-state index >= 15 is 0 Å². The third-order valence-electron chi connectivity index (χ3n) is 3.48. The van der Waals surface area contributed by atoms with Crippen LogP contribution < -0.4 is 0 Å². The molecule has 0 aliphatic carbocycles. The molecule has 2 aromatic rings. The average Bonchev–Trinajstić information content (AvgIpc) is 2.94. The van der Waals surface area contributed by atoms with E-state index in [9.17, 15) is 4.79 Å². The Morgan fingerprint density at radius 1 is 1.50 bits per heavy atom. The van der Waals surface area contributed by atoms with Gasteiger partial charge in [0.15, 0.2) is 5.78 Å². The lowest BCUT2D eigenvalue weighted by Crippen LogP contribution is -2.14. The van der Waals surface area contributed by atoms with Crippen LogP contribution >= 0.6 is 15.9 Å². The largest absolute Gasteiger partial charge is 0.378 e. The summed E-state index contributed by atoms with van der Waals surface area (Å²) in [6.07, 6.45) is 2.82. The Hall–Kier alpha value is -1.13. The summed E-state index contributed by atoms with van der Waals surface area (Å²) in [4.78, 5) is 15.6. The van der Waals surface area contributed by atoms with Gasteiger partial charge in [-0.05, 0) is 25.5 Å². The molecule has 1 fully saturated rings. The fraction of sp³-hybridized carbons (Fsp3) is 0.357. The van der Waals surface area contributed by atoms with E-state index in [1.54, 1.807) is 0 Å². The number of hydrogen-bond acceptors (Lipinski definition) is 2. The number of carbonyl (C=O) groups is 1. The number of rotatable bonds is 2. The quantitative estimate of drug-likeness (QED) is 0.862. The molecule has 0 amide bonds. The lowest BCUT2D eigenvalue weighted by Gasteiger charge is -2.05. The number of nitrogens with one attached hydrogen (secondary N) is 1. The Kier molecular flexibility index (Phi) is 2.99. The van der Waals surface area contributed by atoms with Crippen molar-refractivity contribution in [3.8, 4) is 0 Å². The van der Waals surface area contributed by atoms with E-state index in [0.717, 1.165) is 27.4 Å². The molecule has 3 rings (SSSR count). The zero-order valence-corrected chi connectivity index (χ0v) is 11.7. The summed E-state index contributed by atoms with van der Waals surface area (Å²) in [5.41, 5.74) is 1.76. The Balaban J connectivity index is 1.97. The van der Waals surface area contributed by atoms with Gasteiger partial charge in [-0.2, -0.15) is 0 Å². The summed E-state index contributed by atoms with van der Waals surface area (Å²) in [6.45, 7) is 2.56. The molecule has 1 aliphatic heterocycles. The molecule has 1 N–H and O–H groups in total. The van der Waals surface area contributed by atoms with Gasteiger partial charge < -0.3 is 9.72 Å². The van der Waals surface area contributed by atoms with E-state index in [1.165, 1.54) is 0 Å². The molecule has 2 atom stereocenters. The van der Waals surface area contributed by atoms with Gasteiger partial charge in [0, 0.05) is 33.1 Å². The van der Waals surface area contributed by atoms with Crippen molar-refractivity contribution < 1.29 is 9.53 Å². The second kappa shape index (κ2) is 4.52. The van der Waals surface area contributed by atoms with Crippen LogP contribution in [-0.4, -0.2) is 23.5 Å². The van der Waals surface area contributed by atoms with Crippen LogP contribution in [-0.2, 0) is 4.74 Å². The number of halogens is 1. The van der Waals surface area contributed by atoms with E-state index in [2.05, 4.69) is 20.9 Å². The molecule has 0 saturated carbocycles. The number of hydrogen-bond donors (Lipinski definition) is 1. The van der Waals surface area contributed by atoms with Crippen molar-refractivity contribution >= 4 is 32.6 Å². The van der Waals surface area contributed by atoms with Gasteiger partial charge >= 0.3 is 0 Å². The van der Waals surface area contributed by atoms with Gasteiger partial charge in [0.25, 0.3) is 0 Å². The van der Waals surface area contributed by atoms with Crippen LogP contribution in [0.5, 0.6) is 0 Å². The molecule has 1 aromatic heterocycles. The number of aromatic nitrogens is 1. The minimum absolute atomic E-state index is 0.00245. The highest BCUT2D eigenvalue weighted by Crippen LogP contribution is 2.28. The van der Waals surface area contributed by atoms with Gasteiger partial charge in [0.05, 0.1) is 12.7 Å². The molecule has 18 heavy (non-hydrogen) atoms. The number of carbonyl (C=O) groups excluding carboxylic acids is 1. The number of Topliss-reactive ketones (excluding diaryl/α,β-unsaturated/α-hetero) is 1. The lowest BCUT2D eigenvalue weighted by molar-refractivity contribution is 0.0879. The van der Waals surface area contributed by atoms with Gasteiger partial charge in [-0.1, -0.05) is 22.0 Å². The molecule has 0 radical (unpaired) electrons. The number of H-pyrrole nitrogens is 1. The third kappa shape index (κ3) is 1.99. The van der Waals surface area contributed by atoms with E-state index < -0.39 is 0 Å². The maximum atomic E-state index is 12.4. The summed E-state index contributed by atoms with van der Waals surface area (Å²) in [7, 11) is 0. The van der Waals surface area contributed by atoms with E-state index in [-0.39, 0.29) is 17.8 Å². The highest BCUT2D eigenvalue weighted by molar-refractivity contribution is 9.10. The van der Waals surface area contributed by atoms with Crippen LogP contribution in [0.3, 0.4) is 0 Å². The number of aromatic amines is 1. The van der Waals surface area contributed by atoms with E-state index in [0.29, 0.717) is 6.61 Å². The summed E-state index contributed by atoms with van der Waals surface area (Å²) >= 11 is 3.43. The first-order chi connectivity index (χ1) is 8.65.